The molecule has 20 heavy (non-hydrogen) atoms. The molecule has 108 valence electrons. The Kier molecular flexibility index (Phi) is 3.98. The maximum absolute atomic E-state index is 13.3. The molecule has 0 saturated carbocycles. The van der Waals surface area contributed by atoms with Crippen molar-refractivity contribution in [1.82, 2.24) is 20.2 Å². The molecule has 1 aliphatic heterocycles. The summed E-state index contributed by atoms with van der Waals surface area (Å²) in [5, 5.41) is 3.42. The van der Waals surface area contributed by atoms with E-state index in [0.717, 1.165) is 55.9 Å². The number of hydrogen-bond donors (Lipinski definition) is 2. The van der Waals surface area contributed by atoms with Crippen molar-refractivity contribution < 1.29 is 4.39 Å². The second-order valence-electron chi connectivity index (χ2n) is 5.35. The number of aromatic amines is 1. The van der Waals surface area contributed by atoms with Gasteiger partial charge in [0.05, 0.1) is 17.1 Å². The summed E-state index contributed by atoms with van der Waals surface area (Å²) in [7, 11) is 0. The lowest BCUT2D eigenvalue weighted by molar-refractivity contribution is 0.198. The van der Waals surface area contributed by atoms with Crippen molar-refractivity contribution in [2.24, 2.45) is 0 Å². The van der Waals surface area contributed by atoms with Crippen molar-refractivity contribution in [2.75, 3.05) is 26.2 Å². The Morgan fingerprint density at radius 1 is 1.35 bits per heavy atom. The van der Waals surface area contributed by atoms with E-state index >= 15 is 0 Å². The van der Waals surface area contributed by atoms with E-state index in [1.807, 2.05) is 0 Å². The van der Waals surface area contributed by atoms with Crippen molar-refractivity contribution in [3.63, 3.8) is 0 Å². The minimum atomic E-state index is -0.222. The van der Waals surface area contributed by atoms with Gasteiger partial charge in [0.2, 0.25) is 0 Å². The Balaban J connectivity index is 1.89. The van der Waals surface area contributed by atoms with Gasteiger partial charge in [-0.2, -0.15) is 0 Å². The third-order valence-electron chi connectivity index (χ3n) is 3.98. The van der Waals surface area contributed by atoms with Gasteiger partial charge in [-0.3, -0.25) is 4.90 Å². The number of hydrogen-bond acceptors (Lipinski definition) is 3. The molecule has 3 rings (SSSR count). The summed E-state index contributed by atoms with van der Waals surface area (Å²) in [5.74, 6) is 0.731. The van der Waals surface area contributed by atoms with E-state index in [1.165, 1.54) is 12.1 Å². The predicted octanol–water partition coefficient (Wildman–Crippen LogP) is 2.45. The number of H-pyrrole nitrogens is 1. The van der Waals surface area contributed by atoms with Crippen LogP contribution in [0.15, 0.2) is 18.2 Å². The van der Waals surface area contributed by atoms with Crippen LogP contribution in [0.1, 0.15) is 31.6 Å². The molecule has 2 aromatic rings. The molecule has 1 unspecified atom stereocenters. The SMILES string of the molecule is CCC(c1nc2ccc(F)cc2[nH]1)N1CCCNCC1. The minimum Gasteiger partial charge on any atom is -0.341 e. The average molecular weight is 276 g/mol. The maximum atomic E-state index is 13.3. The van der Waals surface area contributed by atoms with Gasteiger partial charge in [0.1, 0.15) is 11.6 Å². The number of benzene rings is 1. The highest BCUT2D eigenvalue weighted by Gasteiger charge is 2.22. The molecule has 1 aliphatic rings. The summed E-state index contributed by atoms with van der Waals surface area (Å²) in [6, 6.07) is 5.00. The Hall–Kier alpha value is -1.46. The molecule has 4 nitrogen and oxygen atoms in total. The van der Waals surface area contributed by atoms with E-state index < -0.39 is 0 Å². The smallest absolute Gasteiger partial charge is 0.125 e. The van der Waals surface area contributed by atoms with E-state index in [1.54, 1.807) is 6.07 Å². The standard InChI is InChI=1S/C15H21FN4/c1-2-14(20-8-3-6-17-7-9-20)15-18-12-5-4-11(16)10-13(12)19-15/h4-5,10,14,17H,2-3,6-9H2,1H3,(H,18,19). The zero-order valence-corrected chi connectivity index (χ0v) is 11.8. The molecular weight excluding hydrogens is 255 g/mol. The molecule has 0 aliphatic carbocycles. The van der Waals surface area contributed by atoms with Crippen LogP contribution in [0.4, 0.5) is 4.39 Å². The topological polar surface area (TPSA) is 44.0 Å². The molecule has 1 saturated heterocycles. The first-order valence-electron chi connectivity index (χ1n) is 7.38. The molecule has 1 aromatic heterocycles. The lowest BCUT2D eigenvalue weighted by Crippen LogP contribution is -2.32. The van der Waals surface area contributed by atoms with Gasteiger partial charge in [-0.25, -0.2) is 9.37 Å². The van der Waals surface area contributed by atoms with Crippen LogP contribution in [-0.2, 0) is 0 Å². The number of fused-ring (bicyclic) bond motifs is 1. The first-order chi connectivity index (χ1) is 9.78. The quantitative estimate of drug-likeness (QED) is 0.905. The molecule has 5 heteroatoms. The predicted molar refractivity (Wildman–Crippen MR) is 78.1 cm³/mol. The Bertz CT molecular complexity index is 572. The van der Waals surface area contributed by atoms with Crippen LogP contribution in [0, 0.1) is 5.82 Å². The van der Waals surface area contributed by atoms with Crippen LogP contribution in [0.2, 0.25) is 0 Å². The summed E-state index contributed by atoms with van der Waals surface area (Å²) in [5.41, 5.74) is 1.62. The van der Waals surface area contributed by atoms with Gasteiger partial charge in [0.15, 0.2) is 0 Å². The summed E-state index contributed by atoms with van der Waals surface area (Å²) >= 11 is 0. The van der Waals surface area contributed by atoms with Crippen LogP contribution in [-0.4, -0.2) is 41.0 Å². The normalized spacial score (nSPS) is 19.1. The largest absolute Gasteiger partial charge is 0.341 e. The van der Waals surface area contributed by atoms with Crippen molar-refractivity contribution in [3.8, 4) is 0 Å². The zero-order chi connectivity index (χ0) is 13.9. The van der Waals surface area contributed by atoms with Crippen LogP contribution < -0.4 is 5.32 Å². The zero-order valence-electron chi connectivity index (χ0n) is 11.8. The van der Waals surface area contributed by atoms with Gasteiger partial charge in [0, 0.05) is 19.6 Å². The van der Waals surface area contributed by atoms with Crippen LogP contribution in [0.25, 0.3) is 11.0 Å². The number of nitrogens with one attached hydrogen (secondary N) is 2. The number of aromatic nitrogens is 2. The Morgan fingerprint density at radius 2 is 2.25 bits per heavy atom. The van der Waals surface area contributed by atoms with Crippen molar-refractivity contribution in [3.05, 3.63) is 29.8 Å². The second kappa shape index (κ2) is 5.89. The lowest BCUT2D eigenvalue weighted by Gasteiger charge is -2.27. The summed E-state index contributed by atoms with van der Waals surface area (Å²) in [6.07, 6.45) is 2.16. The second-order valence-corrected chi connectivity index (χ2v) is 5.35. The number of imidazole rings is 1. The molecule has 1 aromatic carbocycles. The molecular formula is C15H21FN4. The lowest BCUT2D eigenvalue weighted by atomic mass is 10.1. The van der Waals surface area contributed by atoms with Gasteiger partial charge >= 0.3 is 0 Å². The van der Waals surface area contributed by atoms with Crippen LogP contribution in [0.5, 0.6) is 0 Å². The molecule has 1 atom stereocenters. The molecule has 1 fully saturated rings. The number of nitrogens with zero attached hydrogens (tertiary/aromatic N) is 2. The monoisotopic (exact) mass is 276 g/mol. The van der Waals surface area contributed by atoms with Gasteiger partial charge in [0.25, 0.3) is 0 Å². The van der Waals surface area contributed by atoms with Crippen LogP contribution in [0.3, 0.4) is 0 Å². The third kappa shape index (κ3) is 2.69. The van der Waals surface area contributed by atoms with E-state index in [2.05, 4.69) is 27.1 Å². The van der Waals surface area contributed by atoms with Crippen molar-refractivity contribution in [2.45, 2.75) is 25.8 Å². The van der Waals surface area contributed by atoms with Crippen molar-refractivity contribution >= 4 is 11.0 Å². The number of rotatable bonds is 3. The molecule has 2 heterocycles. The fourth-order valence-electron chi connectivity index (χ4n) is 2.96. The minimum absolute atomic E-state index is 0.222. The highest BCUT2D eigenvalue weighted by atomic mass is 19.1. The maximum Gasteiger partial charge on any atom is 0.125 e. The molecule has 0 bridgehead atoms. The molecule has 0 amide bonds. The van der Waals surface area contributed by atoms with Gasteiger partial charge in [-0.1, -0.05) is 6.92 Å². The molecule has 0 radical (unpaired) electrons. The molecule has 2 N–H and O–H groups in total. The first-order valence-corrected chi connectivity index (χ1v) is 7.38. The summed E-state index contributed by atoms with van der Waals surface area (Å²) in [4.78, 5) is 10.4. The van der Waals surface area contributed by atoms with E-state index in [0.29, 0.717) is 0 Å². The summed E-state index contributed by atoms with van der Waals surface area (Å²) in [6.45, 7) is 6.39. The van der Waals surface area contributed by atoms with Gasteiger partial charge < -0.3 is 10.3 Å². The van der Waals surface area contributed by atoms with E-state index in [-0.39, 0.29) is 11.9 Å². The van der Waals surface area contributed by atoms with Gasteiger partial charge in [-0.15, -0.1) is 0 Å². The van der Waals surface area contributed by atoms with Crippen LogP contribution >= 0.6 is 0 Å². The average Bonchev–Trinajstić information content (AvgIpc) is 2.67. The van der Waals surface area contributed by atoms with E-state index in [4.69, 9.17) is 0 Å². The van der Waals surface area contributed by atoms with Crippen molar-refractivity contribution in [1.29, 1.82) is 0 Å². The van der Waals surface area contributed by atoms with E-state index in [9.17, 15) is 4.39 Å². The first kappa shape index (κ1) is 13.5. The highest BCUT2D eigenvalue weighted by molar-refractivity contribution is 5.75. The Labute approximate surface area is 118 Å². The highest BCUT2D eigenvalue weighted by Crippen LogP contribution is 2.25. The number of halogens is 1. The Morgan fingerprint density at radius 3 is 3.10 bits per heavy atom. The fraction of sp³-hybridized carbons (Fsp3) is 0.533. The molecule has 0 spiro atoms. The fourth-order valence-corrected chi connectivity index (χ4v) is 2.96. The van der Waals surface area contributed by atoms with Gasteiger partial charge in [-0.05, 0) is 37.6 Å². The summed E-state index contributed by atoms with van der Waals surface area (Å²) < 4.78 is 13.3. The third-order valence-corrected chi connectivity index (χ3v) is 3.98.